The molecule has 3 aromatic carbocycles. The van der Waals surface area contributed by atoms with Gasteiger partial charge in [0.2, 0.25) is 27.7 Å². The second kappa shape index (κ2) is 21.8. The van der Waals surface area contributed by atoms with Crippen LogP contribution in [0.3, 0.4) is 0 Å². The van der Waals surface area contributed by atoms with Crippen LogP contribution in [0.1, 0.15) is 75.2 Å². The number of ether oxygens (including phenoxy) is 3. The third-order valence-corrected chi connectivity index (χ3v) is 14.1. The maximum absolute atomic E-state index is 15.8. The summed E-state index contributed by atoms with van der Waals surface area (Å²) in [7, 11) is -4.05. The summed E-state index contributed by atoms with van der Waals surface area (Å²) in [6.45, 7) is 2.75. The second-order valence-corrected chi connectivity index (χ2v) is 18.8. The van der Waals surface area contributed by atoms with Gasteiger partial charge in [-0.05, 0) is 79.6 Å². The Balaban J connectivity index is 0.698. The molecule has 364 valence electrons. The first-order valence-electron chi connectivity index (χ1n) is 22.9. The first-order valence-corrected chi connectivity index (χ1v) is 24.3. The number of hydrogen-bond donors (Lipinski definition) is 5. The van der Waals surface area contributed by atoms with Gasteiger partial charge in [0.15, 0.2) is 0 Å². The number of carbonyl (C=O) groups is 6. The Labute approximate surface area is 397 Å². The van der Waals surface area contributed by atoms with Gasteiger partial charge in [-0.2, -0.15) is 4.31 Å². The Kier molecular flexibility index (Phi) is 15.4. The Bertz CT molecular complexity index is 2770. The predicted octanol–water partition coefficient (Wildman–Crippen LogP) is 3.04. The van der Waals surface area contributed by atoms with Crippen LogP contribution >= 0.6 is 0 Å². The standard InChI is InChI=1S/C48H53FN8O11S/c49-38-27-33(8-10-34(38)31-26-37(44(50)54-28-31)29-5-9-35-30(25-29)13-16-53-45(35)60)69(64,65)56(32-6-7-32)18-2-15-52-41(58)14-19-66-21-23-68-24-22-67-20-17-51-39-4-1-3-36-43(39)48(63)57(47(36)62)40-11-12-42(59)55-46(40)61/h1,3-5,8-10,25-28,32,40,51H,2,6-7,11-24H2,(H2,50,54)(H,52,58)(H,53,60)(H,55,59,61). The molecule has 6 amide bonds. The van der Waals surface area contributed by atoms with Crippen LogP contribution in [-0.4, -0.2) is 136 Å². The molecule has 3 aliphatic heterocycles. The highest BCUT2D eigenvalue weighted by atomic mass is 32.2. The highest BCUT2D eigenvalue weighted by molar-refractivity contribution is 7.89. The van der Waals surface area contributed by atoms with Crippen LogP contribution in [0.15, 0.2) is 71.8 Å². The Hall–Kier alpha value is -6.65. The van der Waals surface area contributed by atoms with Crippen molar-refractivity contribution in [1.82, 2.24) is 30.1 Å². The molecule has 8 rings (SSSR count). The van der Waals surface area contributed by atoms with Crippen molar-refractivity contribution in [3.8, 4) is 22.3 Å². The van der Waals surface area contributed by atoms with E-state index in [1.165, 1.54) is 28.7 Å². The lowest BCUT2D eigenvalue weighted by Crippen LogP contribution is -2.54. The summed E-state index contributed by atoms with van der Waals surface area (Å²) < 4.78 is 61.4. The van der Waals surface area contributed by atoms with E-state index in [0.29, 0.717) is 61.2 Å². The molecule has 4 heterocycles. The van der Waals surface area contributed by atoms with Crippen molar-refractivity contribution in [3.63, 3.8) is 0 Å². The van der Waals surface area contributed by atoms with E-state index in [0.717, 1.165) is 22.1 Å². The molecule has 19 nitrogen and oxygen atoms in total. The quantitative estimate of drug-likeness (QED) is 0.0529. The number of nitrogen functional groups attached to an aromatic ring is 1. The first-order chi connectivity index (χ1) is 33.3. The summed E-state index contributed by atoms with van der Waals surface area (Å²) in [6, 6.07) is 14.5. The molecule has 1 aliphatic carbocycles. The van der Waals surface area contributed by atoms with Crippen LogP contribution in [0.4, 0.5) is 15.9 Å². The van der Waals surface area contributed by atoms with E-state index in [1.54, 1.807) is 30.3 Å². The lowest BCUT2D eigenvalue weighted by Gasteiger charge is -2.27. The number of piperidine rings is 1. The van der Waals surface area contributed by atoms with Crippen molar-refractivity contribution in [1.29, 1.82) is 0 Å². The number of sulfonamides is 1. The molecule has 0 spiro atoms. The summed E-state index contributed by atoms with van der Waals surface area (Å²) in [5.41, 5.74) is 10.3. The molecule has 69 heavy (non-hydrogen) atoms. The zero-order valence-electron chi connectivity index (χ0n) is 37.7. The van der Waals surface area contributed by atoms with Gasteiger partial charge >= 0.3 is 0 Å². The SMILES string of the molecule is Nc1ncc(-c2ccc(S(=O)(=O)N(CCCNC(=O)CCOCCOCCOCCNc3cccc4c3C(=O)N(C3CCC(=O)NC3=O)C4=O)C3CC3)cc2F)cc1-c1ccc2c(c1)CCNC2=O. The van der Waals surface area contributed by atoms with Crippen molar-refractivity contribution >= 4 is 57.0 Å². The molecule has 1 unspecified atom stereocenters. The minimum Gasteiger partial charge on any atom is -0.383 e. The number of hydrogen-bond acceptors (Lipinski definition) is 14. The number of amides is 6. The van der Waals surface area contributed by atoms with Crippen molar-refractivity contribution in [2.75, 3.05) is 76.9 Å². The Morgan fingerprint density at radius 2 is 1.58 bits per heavy atom. The van der Waals surface area contributed by atoms with Crippen molar-refractivity contribution in [2.24, 2.45) is 0 Å². The molecule has 0 radical (unpaired) electrons. The topological polar surface area (TPSA) is 258 Å². The molecular formula is C48H53FN8O11S. The van der Waals surface area contributed by atoms with Gasteiger partial charge in [-0.15, -0.1) is 0 Å². The van der Waals surface area contributed by atoms with Crippen LogP contribution < -0.4 is 27.0 Å². The number of nitrogens with one attached hydrogen (secondary N) is 4. The number of imide groups is 2. The summed E-state index contributed by atoms with van der Waals surface area (Å²) in [4.78, 5) is 79.9. The minimum absolute atomic E-state index is 0.0358. The molecule has 6 N–H and O–H groups in total. The molecule has 2 fully saturated rings. The molecule has 4 aliphatic rings. The lowest BCUT2D eigenvalue weighted by molar-refractivity contribution is -0.136. The van der Waals surface area contributed by atoms with Crippen LogP contribution in [0.5, 0.6) is 0 Å². The van der Waals surface area contributed by atoms with Crippen LogP contribution in [-0.2, 0) is 45.0 Å². The van der Waals surface area contributed by atoms with Gasteiger partial charge in [0.05, 0.1) is 55.7 Å². The van der Waals surface area contributed by atoms with Gasteiger partial charge in [0, 0.05) is 79.2 Å². The van der Waals surface area contributed by atoms with Crippen molar-refractivity contribution < 1.29 is 55.8 Å². The summed E-state index contributed by atoms with van der Waals surface area (Å²) in [5, 5.41) is 10.9. The monoisotopic (exact) mass is 968 g/mol. The maximum Gasteiger partial charge on any atom is 0.264 e. The zero-order chi connectivity index (χ0) is 48.7. The summed E-state index contributed by atoms with van der Waals surface area (Å²) >= 11 is 0. The number of benzene rings is 3. The number of aromatic nitrogens is 1. The van der Waals surface area contributed by atoms with Crippen molar-refractivity contribution in [3.05, 3.63) is 94.9 Å². The third-order valence-electron chi connectivity index (χ3n) is 12.2. The fourth-order valence-corrected chi connectivity index (χ4v) is 10.3. The largest absolute Gasteiger partial charge is 0.383 e. The van der Waals surface area contributed by atoms with Gasteiger partial charge in [0.1, 0.15) is 17.7 Å². The van der Waals surface area contributed by atoms with E-state index in [2.05, 4.69) is 26.3 Å². The fraction of sp³-hybridized carbons (Fsp3) is 0.396. The first kappa shape index (κ1) is 48.8. The number of carbonyl (C=O) groups excluding carboxylic acids is 6. The average Bonchev–Trinajstić information content (AvgIpc) is 4.14. The van der Waals surface area contributed by atoms with Gasteiger partial charge in [0.25, 0.3) is 17.7 Å². The van der Waals surface area contributed by atoms with E-state index in [4.69, 9.17) is 19.9 Å². The van der Waals surface area contributed by atoms with Crippen LogP contribution in [0.25, 0.3) is 22.3 Å². The normalized spacial score (nSPS) is 16.9. The molecule has 4 aromatic rings. The summed E-state index contributed by atoms with van der Waals surface area (Å²) in [6.07, 6.45) is 4.03. The number of fused-ring (bicyclic) bond motifs is 2. The number of nitrogens with two attached hydrogens (primary N) is 1. The molecule has 1 aromatic heterocycles. The van der Waals surface area contributed by atoms with Crippen LogP contribution in [0, 0.1) is 5.82 Å². The molecular weight excluding hydrogens is 916 g/mol. The number of nitrogens with zero attached hydrogens (tertiary/aromatic N) is 3. The van der Waals surface area contributed by atoms with E-state index in [-0.39, 0.29) is 117 Å². The van der Waals surface area contributed by atoms with E-state index in [9.17, 15) is 37.2 Å². The molecule has 1 saturated carbocycles. The number of rotatable bonds is 23. The molecule has 1 atom stereocenters. The third kappa shape index (κ3) is 11.3. The Morgan fingerprint density at radius 3 is 2.33 bits per heavy atom. The smallest absolute Gasteiger partial charge is 0.264 e. The number of halogens is 1. The highest BCUT2D eigenvalue weighted by Crippen LogP contribution is 2.36. The van der Waals surface area contributed by atoms with E-state index in [1.807, 2.05) is 6.07 Å². The van der Waals surface area contributed by atoms with E-state index < -0.39 is 45.5 Å². The molecule has 1 saturated heterocycles. The molecule has 21 heteroatoms. The van der Waals surface area contributed by atoms with Gasteiger partial charge in [-0.3, -0.25) is 39.0 Å². The van der Waals surface area contributed by atoms with E-state index >= 15 is 4.39 Å². The lowest BCUT2D eigenvalue weighted by atomic mass is 9.94. The number of pyridine rings is 1. The van der Waals surface area contributed by atoms with Gasteiger partial charge < -0.3 is 35.9 Å². The van der Waals surface area contributed by atoms with Gasteiger partial charge in [-0.25, -0.2) is 17.8 Å². The fourth-order valence-electron chi connectivity index (χ4n) is 8.51. The van der Waals surface area contributed by atoms with Gasteiger partial charge in [-0.1, -0.05) is 24.3 Å². The predicted molar refractivity (Wildman–Crippen MR) is 249 cm³/mol. The summed E-state index contributed by atoms with van der Waals surface area (Å²) in [5.74, 6) is -3.19. The average molecular weight is 969 g/mol. The number of anilines is 2. The Morgan fingerprint density at radius 1 is 0.826 bits per heavy atom. The molecule has 0 bridgehead atoms. The van der Waals surface area contributed by atoms with Crippen molar-refractivity contribution in [2.45, 2.75) is 61.9 Å². The highest BCUT2D eigenvalue weighted by Gasteiger charge is 2.45. The maximum atomic E-state index is 15.8. The minimum atomic E-state index is -4.05. The zero-order valence-corrected chi connectivity index (χ0v) is 38.5. The van der Waals surface area contributed by atoms with Crippen LogP contribution in [0.2, 0.25) is 0 Å². The second-order valence-electron chi connectivity index (χ2n) is 16.9.